The molecule has 0 aliphatic carbocycles. The maximum absolute atomic E-state index is 11.2. The van der Waals surface area contributed by atoms with Gasteiger partial charge >= 0.3 is 5.91 Å². The second-order valence-electron chi connectivity index (χ2n) is 2.55. The quantitative estimate of drug-likeness (QED) is 0.551. The van der Waals surface area contributed by atoms with Crippen LogP contribution in [0.25, 0.3) is 0 Å². The molecule has 2 aromatic heterocycles. The maximum atomic E-state index is 11.2. The number of aromatic nitrogens is 3. The highest BCUT2D eigenvalue weighted by molar-refractivity contribution is 5.90. The zero-order chi connectivity index (χ0) is 10.5. The third-order valence-corrected chi connectivity index (χ3v) is 1.53. The number of nitrogens with zero attached hydrogens (tertiary/aromatic N) is 3. The second kappa shape index (κ2) is 4.18. The summed E-state index contributed by atoms with van der Waals surface area (Å²) >= 11 is 0. The zero-order valence-electron chi connectivity index (χ0n) is 7.54. The van der Waals surface area contributed by atoms with Gasteiger partial charge in [0.1, 0.15) is 12.1 Å². The Morgan fingerprint density at radius 3 is 3.27 bits per heavy atom. The summed E-state index contributed by atoms with van der Waals surface area (Å²) < 4.78 is 4.97. The highest BCUT2D eigenvalue weighted by Crippen LogP contribution is 1.94. The molecule has 15 heavy (non-hydrogen) atoms. The third-order valence-electron chi connectivity index (χ3n) is 1.53. The van der Waals surface area contributed by atoms with E-state index in [4.69, 9.17) is 4.42 Å². The van der Waals surface area contributed by atoms with E-state index in [2.05, 4.69) is 25.7 Å². The number of carbonyl (C=O) groups excluding carboxylic acids is 1. The molecule has 0 spiro atoms. The van der Waals surface area contributed by atoms with Gasteiger partial charge in [0.2, 0.25) is 5.82 Å². The van der Waals surface area contributed by atoms with Crippen molar-refractivity contribution in [3.05, 3.63) is 36.3 Å². The van der Waals surface area contributed by atoms with Gasteiger partial charge in [-0.25, -0.2) is 10.4 Å². The van der Waals surface area contributed by atoms with E-state index in [1.165, 1.54) is 18.8 Å². The monoisotopic (exact) mass is 205 g/mol. The lowest BCUT2D eigenvalue weighted by atomic mass is 10.5. The number of hydrogen-bond acceptors (Lipinski definition) is 5. The van der Waals surface area contributed by atoms with Gasteiger partial charge in [0, 0.05) is 0 Å². The van der Waals surface area contributed by atoms with Crippen molar-refractivity contribution in [3.63, 3.8) is 0 Å². The number of aromatic amines is 1. The summed E-state index contributed by atoms with van der Waals surface area (Å²) in [6.07, 6.45) is 4.14. The summed E-state index contributed by atoms with van der Waals surface area (Å²) in [5.74, 6) is 0.190. The van der Waals surface area contributed by atoms with Crippen LogP contribution < -0.4 is 5.43 Å². The molecule has 7 heteroatoms. The van der Waals surface area contributed by atoms with Gasteiger partial charge < -0.3 is 4.42 Å². The van der Waals surface area contributed by atoms with Gasteiger partial charge in [-0.15, -0.1) is 0 Å². The molecule has 0 aliphatic heterocycles. The topological polar surface area (TPSA) is 96.2 Å². The Morgan fingerprint density at radius 1 is 1.67 bits per heavy atom. The molecular formula is C8H7N5O2. The van der Waals surface area contributed by atoms with E-state index in [-0.39, 0.29) is 5.82 Å². The molecule has 76 valence electrons. The molecular weight excluding hydrogens is 198 g/mol. The van der Waals surface area contributed by atoms with Crippen molar-refractivity contribution in [3.8, 4) is 0 Å². The summed E-state index contributed by atoms with van der Waals surface area (Å²) in [7, 11) is 0. The number of hydrogen-bond donors (Lipinski definition) is 2. The summed E-state index contributed by atoms with van der Waals surface area (Å²) in [4.78, 5) is 14.9. The first-order valence-corrected chi connectivity index (χ1v) is 4.08. The van der Waals surface area contributed by atoms with Crippen LogP contribution in [0.15, 0.2) is 34.2 Å². The molecule has 1 amide bonds. The molecule has 0 saturated heterocycles. The summed E-state index contributed by atoms with van der Waals surface area (Å²) in [5.41, 5.74) is 2.26. The van der Waals surface area contributed by atoms with Crippen molar-refractivity contribution in [2.45, 2.75) is 0 Å². The van der Waals surface area contributed by atoms with Crippen LogP contribution in [0, 0.1) is 0 Å². The predicted octanol–water partition coefficient (Wildman–Crippen LogP) is 0.162. The number of furan rings is 1. The van der Waals surface area contributed by atoms with Crippen LogP contribution in [0.5, 0.6) is 0 Å². The lowest BCUT2D eigenvalue weighted by Gasteiger charge is -1.92. The van der Waals surface area contributed by atoms with Crippen molar-refractivity contribution in [1.82, 2.24) is 20.6 Å². The van der Waals surface area contributed by atoms with E-state index < -0.39 is 5.91 Å². The maximum Gasteiger partial charge on any atom is 0.308 e. The smallest absolute Gasteiger partial charge is 0.308 e. The molecule has 0 aliphatic rings. The Morgan fingerprint density at radius 2 is 2.60 bits per heavy atom. The van der Waals surface area contributed by atoms with Crippen molar-refractivity contribution < 1.29 is 9.21 Å². The molecule has 2 aromatic rings. The molecule has 7 nitrogen and oxygen atoms in total. The Hall–Kier alpha value is -2.44. The third kappa shape index (κ3) is 2.27. The minimum Gasteiger partial charge on any atom is -0.463 e. The Kier molecular flexibility index (Phi) is 2.54. The first-order valence-electron chi connectivity index (χ1n) is 4.08. The van der Waals surface area contributed by atoms with Crippen LogP contribution in [-0.2, 0) is 0 Å². The lowest BCUT2D eigenvalue weighted by Crippen LogP contribution is -2.19. The number of rotatable bonds is 3. The normalized spacial score (nSPS) is 10.7. The average Bonchev–Trinajstić information content (AvgIpc) is 2.90. The van der Waals surface area contributed by atoms with E-state index in [9.17, 15) is 4.79 Å². The molecule has 0 unspecified atom stereocenters. The van der Waals surface area contributed by atoms with Gasteiger partial charge in [-0.05, 0) is 12.1 Å². The van der Waals surface area contributed by atoms with Crippen molar-refractivity contribution in [1.29, 1.82) is 0 Å². The molecule has 0 aromatic carbocycles. The molecule has 2 N–H and O–H groups in total. The number of nitrogens with one attached hydrogen (secondary N) is 2. The first kappa shape index (κ1) is 9.13. The molecule has 0 radical (unpaired) electrons. The van der Waals surface area contributed by atoms with Crippen molar-refractivity contribution >= 4 is 12.1 Å². The minimum absolute atomic E-state index is 0.103. The highest BCUT2D eigenvalue weighted by Gasteiger charge is 2.05. The van der Waals surface area contributed by atoms with Crippen LogP contribution in [0.4, 0.5) is 0 Å². The van der Waals surface area contributed by atoms with Crippen LogP contribution in [0.2, 0.25) is 0 Å². The largest absolute Gasteiger partial charge is 0.463 e. The number of amides is 1. The van der Waals surface area contributed by atoms with Gasteiger partial charge in [-0.1, -0.05) is 0 Å². The van der Waals surface area contributed by atoms with E-state index in [1.54, 1.807) is 12.1 Å². The molecule has 2 rings (SSSR count). The Balaban J connectivity index is 1.91. The molecule has 2 heterocycles. The predicted molar refractivity (Wildman–Crippen MR) is 50.2 cm³/mol. The van der Waals surface area contributed by atoms with Crippen molar-refractivity contribution in [2.24, 2.45) is 5.10 Å². The van der Waals surface area contributed by atoms with E-state index in [0.29, 0.717) is 5.76 Å². The van der Waals surface area contributed by atoms with Crippen molar-refractivity contribution in [2.75, 3.05) is 0 Å². The van der Waals surface area contributed by atoms with Crippen LogP contribution in [-0.4, -0.2) is 27.3 Å². The van der Waals surface area contributed by atoms with E-state index in [0.717, 1.165) is 0 Å². The van der Waals surface area contributed by atoms with Gasteiger partial charge in [-0.2, -0.15) is 10.2 Å². The number of hydrazone groups is 1. The number of H-pyrrole nitrogens is 1. The first-order chi connectivity index (χ1) is 7.36. The van der Waals surface area contributed by atoms with Gasteiger partial charge in [-0.3, -0.25) is 9.89 Å². The van der Waals surface area contributed by atoms with Gasteiger partial charge in [0.15, 0.2) is 0 Å². The fraction of sp³-hybridized carbons (Fsp3) is 0. The Labute approximate surface area is 84.2 Å². The SMILES string of the molecule is O=C(N/N=C/c1ccco1)c1ncn[nH]1. The molecule has 0 fully saturated rings. The van der Waals surface area contributed by atoms with E-state index >= 15 is 0 Å². The highest BCUT2D eigenvalue weighted by atomic mass is 16.3. The standard InChI is InChI=1S/C8H7N5O2/c14-8(7-9-5-11-12-7)13-10-4-6-2-1-3-15-6/h1-5H,(H,13,14)(H,9,11,12)/b10-4+. The minimum atomic E-state index is -0.463. The number of carbonyl (C=O) groups is 1. The van der Waals surface area contributed by atoms with Gasteiger partial charge in [0.05, 0.1) is 12.5 Å². The van der Waals surface area contributed by atoms with Crippen LogP contribution in [0.1, 0.15) is 16.4 Å². The fourth-order valence-electron chi connectivity index (χ4n) is 0.887. The lowest BCUT2D eigenvalue weighted by molar-refractivity contribution is 0.0945. The molecule has 0 atom stereocenters. The second-order valence-corrected chi connectivity index (χ2v) is 2.55. The zero-order valence-corrected chi connectivity index (χ0v) is 7.54. The Bertz CT molecular complexity index is 445. The van der Waals surface area contributed by atoms with Crippen LogP contribution in [0.3, 0.4) is 0 Å². The summed E-state index contributed by atoms with van der Waals surface area (Å²) in [6.45, 7) is 0. The van der Waals surface area contributed by atoms with Crippen LogP contribution >= 0.6 is 0 Å². The van der Waals surface area contributed by atoms with Gasteiger partial charge in [0.25, 0.3) is 0 Å². The average molecular weight is 205 g/mol. The fourth-order valence-corrected chi connectivity index (χ4v) is 0.887. The summed E-state index contributed by atoms with van der Waals surface area (Å²) in [6, 6.07) is 3.43. The summed E-state index contributed by atoms with van der Waals surface area (Å²) in [5, 5.41) is 9.61. The van der Waals surface area contributed by atoms with E-state index in [1.807, 2.05) is 0 Å². The molecule has 0 saturated carbocycles. The molecule has 0 bridgehead atoms.